The summed E-state index contributed by atoms with van der Waals surface area (Å²) >= 11 is 1.88. The number of hydrogen-bond donors (Lipinski definition) is 0. The van der Waals surface area contributed by atoms with Crippen molar-refractivity contribution in [2.45, 2.75) is 23.5 Å². The van der Waals surface area contributed by atoms with Crippen molar-refractivity contribution >= 4 is 29.2 Å². The third kappa shape index (κ3) is 4.28. The summed E-state index contributed by atoms with van der Waals surface area (Å²) in [6, 6.07) is 14.3. The molecule has 2 aliphatic heterocycles. The second-order valence-electron chi connectivity index (χ2n) is 7.18. The van der Waals surface area contributed by atoms with E-state index in [2.05, 4.69) is 39.9 Å². The van der Waals surface area contributed by atoms with Crippen molar-refractivity contribution in [1.82, 2.24) is 9.88 Å². The molecule has 1 atom stereocenters. The minimum atomic E-state index is 0.212. The molecule has 3 heterocycles. The topological polar surface area (TPSA) is 39.7 Å². The first-order valence-corrected chi connectivity index (χ1v) is 10.5. The average Bonchev–Trinajstić information content (AvgIpc) is 2.87. The summed E-state index contributed by atoms with van der Waals surface area (Å²) in [6.45, 7) is 7.14. The Hall–Kier alpha value is -2.05. The molecule has 2 aromatic rings. The van der Waals surface area contributed by atoms with E-state index >= 15 is 0 Å². The fourth-order valence-electron chi connectivity index (χ4n) is 3.70. The highest BCUT2D eigenvalue weighted by atomic mass is 32.2. The Morgan fingerprint density at radius 2 is 1.85 bits per heavy atom. The molecule has 0 bridgehead atoms. The summed E-state index contributed by atoms with van der Waals surface area (Å²) in [5.41, 5.74) is 1.07. The maximum absolute atomic E-state index is 13.1. The molecule has 1 aromatic heterocycles. The SMILES string of the molecule is CC1CCN(C(=O)CN2CCN(c3ccccn3)CC2)c2ccccc2S1. The fourth-order valence-corrected chi connectivity index (χ4v) is 4.81. The van der Waals surface area contributed by atoms with Crippen molar-refractivity contribution in [3.63, 3.8) is 0 Å². The van der Waals surface area contributed by atoms with Crippen molar-refractivity contribution in [3.05, 3.63) is 48.7 Å². The number of rotatable bonds is 3. The Kier molecular flexibility index (Phi) is 5.64. The van der Waals surface area contributed by atoms with Gasteiger partial charge in [0, 0.05) is 49.1 Å². The van der Waals surface area contributed by atoms with Gasteiger partial charge < -0.3 is 9.80 Å². The lowest BCUT2D eigenvalue weighted by Gasteiger charge is -2.36. The quantitative estimate of drug-likeness (QED) is 0.816. The normalized spacial score (nSPS) is 20.9. The number of aromatic nitrogens is 1. The number of carbonyl (C=O) groups is 1. The van der Waals surface area contributed by atoms with Crippen LogP contribution in [0.2, 0.25) is 0 Å². The number of thioether (sulfide) groups is 1. The number of fused-ring (bicyclic) bond motifs is 1. The number of hydrogen-bond acceptors (Lipinski definition) is 5. The molecule has 1 fully saturated rings. The van der Waals surface area contributed by atoms with Crippen molar-refractivity contribution in [1.29, 1.82) is 0 Å². The van der Waals surface area contributed by atoms with Gasteiger partial charge in [-0.25, -0.2) is 4.98 Å². The van der Waals surface area contributed by atoms with E-state index in [-0.39, 0.29) is 5.91 Å². The van der Waals surface area contributed by atoms with Gasteiger partial charge in [-0.15, -0.1) is 11.8 Å². The van der Waals surface area contributed by atoms with E-state index in [0.29, 0.717) is 11.8 Å². The number of nitrogens with zero attached hydrogens (tertiary/aromatic N) is 4. The van der Waals surface area contributed by atoms with Gasteiger partial charge in [0.25, 0.3) is 0 Å². The Balaban J connectivity index is 1.39. The molecule has 6 heteroatoms. The summed E-state index contributed by atoms with van der Waals surface area (Å²) in [5.74, 6) is 1.24. The molecule has 0 aliphatic carbocycles. The van der Waals surface area contributed by atoms with Crippen LogP contribution in [0.4, 0.5) is 11.5 Å². The maximum Gasteiger partial charge on any atom is 0.241 e. The Labute approximate surface area is 165 Å². The van der Waals surface area contributed by atoms with E-state index in [9.17, 15) is 4.79 Å². The predicted molar refractivity (Wildman–Crippen MR) is 112 cm³/mol. The molecule has 0 saturated carbocycles. The van der Waals surface area contributed by atoms with E-state index in [1.165, 1.54) is 4.90 Å². The molecular formula is C21H26N4OS. The van der Waals surface area contributed by atoms with Crippen molar-refractivity contribution in [3.8, 4) is 0 Å². The number of piperazine rings is 1. The molecule has 2 aliphatic rings. The molecule has 1 amide bonds. The molecule has 4 rings (SSSR count). The van der Waals surface area contributed by atoms with Crippen LogP contribution in [0.1, 0.15) is 13.3 Å². The van der Waals surface area contributed by atoms with Crippen LogP contribution in [0.25, 0.3) is 0 Å². The maximum atomic E-state index is 13.1. The molecule has 1 unspecified atom stereocenters. The summed E-state index contributed by atoms with van der Waals surface area (Å²) in [4.78, 5) is 25.3. The van der Waals surface area contributed by atoms with Crippen LogP contribution < -0.4 is 9.80 Å². The van der Waals surface area contributed by atoms with Crippen LogP contribution in [0.15, 0.2) is 53.6 Å². The first-order chi connectivity index (χ1) is 13.2. The lowest BCUT2D eigenvalue weighted by atomic mass is 10.2. The van der Waals surface area contributed by atoms with Gasteiger partial charge in [0.05, 0.1) is 12.2 Å². The second-order valence-corrected chi connectivity index (χ2v) is 8.66. The first kappa shape index (κ1) is 18.3. The molecule has 142 valence electrons. The summed E-state index contributed by atoms with van der Waals surface area (Å²) < 4.78 is 0. The predicted octanol–water partition coefficient (Wildman–Crippen LogP) is 3.12. The van der Waals surface area contributed by atoms with Crippen LogP contribution in [-0.4, -0.2) is 60.3 Å². The number of anilines is 2. The van der Waals surface area contributed by atoms with Gasteiger partial charge in [0.2, 0.25) is 5.91 Å². The van der Waals surface area contributed by atoms with Gasteiger partial charge >= 0.3 is 0 Å². The standard InChI is InChI=1S/C21H26N4OS/c1-17-9-11-25(18-6-2-3-7-19(18)27-17)21(26)16-23-12-14-24(15-13-23)20-8-4-5-10-22-20/h2-8,10,17H,9,11-16H2,1H3. The zero-order valence-electron chi connectivity index (χ0n) is 15.8. The minimum Gasteiger partial charge on any atom is -0.354 e. The Morgan fingerprint density at radius 1 is 1.07 bits per heavy atom. The Bertz CT molecular complexity index is 777. The van der Waals surface area contributed by atoms with Gasteiger partial charge in [-0.05, 0) is 30.7 Å². The van der Waals surface area contributed by atoms with Crippen LogP contribution in [0.5, 0.6) is 0 Å². The highest BCUT2D eigenvalue weighted by molar-refractivity contribution is 8.00. The highest BCUT2D eigenvalue weighted by Gasteiger charge is 2.26. The van der Waals surface area contributed by atoms with Gasteiger partial charge in [0.15, 0.2) is 0 Å². The molecule has 27 heavy (non-hydrogen) atoms. The van der Waals surface area contributed by atoms with Crippen LogP contribution in [0, 0.1) is 0 Å². The zero-order valence-corrected chi connectivity index (χ0v) is 16.6. The average molecular weight is 383 g/mol. The van der Waals surface area contributed by atoms with Gasteiger partial charge in [-0.2, -0.15) is 0 Å². The van der Waals surface area contributed by atoms with E-state index in [1.807, 2.05) is 47.1 Å². The monoisotopic (exact) mass is 382 g/mol. The number of amides is 1. The van der Waals surface area contributed by atoms with Gasteiger partial charge in [-0.3, -0.25) is 9.69 Å². The largest absolute Gasteiger partial charge is 0.354 e. The van der Waals surface area contributed by atoms with Gasteiger partial charge in [0.1, 0.15) is 5.82 Å². The number of benzene rings is 1. The van der Waals surface area contributed by atoms with Crippen LogP contribution >= 0.6 is 11.8 Å². The zero-order chi connectivity index (χ0) is 18.6. The molecule has 1 saturated heterocycles. The fraction of sp³-hybridized carbons (Fsp3) is 0.429. The second kappa shape index (κ2) is 8.31. The third-order valence-corrected chi connectivity index (χ3v) is 6.49. The number of pyridine rings is 1. The molecule has 0 spiro atoms. The van der Waals surface area contributed by atoms with Crippen molar-refractivity contribution in [2.24, 2.45) is 0 Å². The number of para-hydroxylation sites is 1. The highest BCUT2D eigenvalue weighted by Crippen LogP contribution is 2.37. The summed E-state index contributed by atoms with van der Waals surface area (Å²) in [5, 5.41) is 0.533. The molecular weight excluding hydrogens is 356 g/mol. The van der Waals surface area contributed by atoms with Gasteiger partial charge in [-0.1, -0.05) is 25.1 Å². The lowest BCUT2D eigenvalue weighted by Crippen LogP contribution is -2.50. The smallest absolute Gasteiger partial charge is 0.241 e. The molecule has 1 aromatic carbocycles. The third-order valence-electron chi connectivity index (χ3n) is 5.25. The first-order valence-electron chi connectivity index (χ1n) is 9.65. The van der Waals surface area contributed by atoms with E-state index < -0.39 is 0 Å². The molecule has 5 nitrogen and oxygen atoms in total. The minimum absolute atomic E-state index is 0.212. The Morgan fingerprint density at radius 3 is 2.63 bits per heavy atom. The summed E-state index contributed by atoms with van der Waals surface area (Å²) in [6.07, 6.45) is 2.86. The molecule has 0 radical (unpaired) electrons. The van der Waals surface area contributed by atoms with Crippen LogP contribution in [-0.2, 0) is 4.79 Å². The lowest BCUT2D eigenvalue weighted by molar-refractivity contribution is -0.119. The van der Waals surface area contributed by atoms with Crippen LogP contribution in [0.3, 0.4) is 0 Å². The summed E-state index contributed by atoms with van der Waals surface area (Å²) in [7, 11) is 0. The van der Waals surface area contributed by atoms with Crippen molar-refractivity contribution < 1.29 is 4.79 Å². The van der Waals surface area contributed by atoms with Crippen molar-refractivity contribution in [2.75, 3.05) is 49.1 Å². The number of carbonyl (C=O) groups excluding carboxylic acids is 1. The van der Waals surface area contributed by atoms with E-state index in [1.54, 1.807) is 0 Å². The molecule has 0 N–H and O–H groups in total. The van der Waals surface area contributed by atoms with E-state index in [0.717, 1.165) is 50.6 Å². The van der Waals surface area contributed by atoms with E-state index in [4.69, 9.17) is 0 Å².